The molecule has 4 nitrogen and oxygen atoms in total. The molecule has 27 heavy (non-hydrogen) atoms. The van der Waals surface area contributed by atoms with Gasteiger partial charge < -0.3 is 14.5 Å². The zero-order chi connectivity index (χ0) is 19.4. The standard InChI is InChI=1S/C19H18Cl2F2N2O2/c20-14-1-2-18(17(21)9-14)24-3-5-25(6-4-24)19(26)12-27-11-13-7-15(22)10-16(23)8-13/h1-2,7-10H,3-6,11-12H2. The van der Waals surface area contributed by atoms with Crippen LogP contribution in [0.1, 0.15) is 5.56 Å². The van der Waals surface area contributed by atoms with Crippen LogP contribution in [-0.4, -0.2) is 43.6 Å². The highest BCUT2D eigenvalue weighted by Crippen LogP contribution is 2.29. The lowest BCUT2D eigenvalue weighted by Gasteiger charge is -2.36. The molecule has 1 saturated heterocycles. The molecular weight excluding hydrogens is 397 g/mol. The Balaban J connectivity index is 1.47. The fraction of sp³-hybridized carbons (Fsp3) is 0.316. The van der Waals surface area contributed by atoms with Crippen LogP contribution in [0.25, 0.3) is 0 Å². The molecule has 1 heterocycles. The van der Waals surface area contributed by atoms with Crippen molar-refractivity contribution in [1.82, 2.24) is 4.90 Å². The highest BCUT2D eigenvalue weighted by atomic mass is 35.5. The summed E-state index contributed by atoms with van der Waals surface area (Å²) in [4.78, 5) is 16.1. The number of piperazine rings is 1. The van der Waals surface area contributed by atoms with E-state index in [-0.39, 0.29) is 19.1 Å². The third kappa shape index (κ3) is 5.31. The lowest BCUT2D eigenvalue weighted by Crippen LogP contribution is -2.49. The lowest BCUT2D eigenvalue weighted by atomic mass is 10.2. The first-order chi connectivity index (χ1) is 12.9. The number of hydrogen-bond donors (Lipinski definition) is 0. The van der Waals surface area contributed by atoms with Crippen molar-refractivity contribution in [2.75, 3.05) is 37.7 Å². The zero-order valence-corrected chi connectivity index (χ0v) is 15.9. The Morgan fingerprint density at radius 1 is 1.00 bits per heavy atom. The van der Waals surface area contributed by atoms with Gasteiger partial charge in [-0.2, -0.15) is 0 Å². The Morgan fingerprint density at radius 2 is 1.67 bits per heavy atom. The van der Waals surface area contributed by atoms with Gasteiger partial charge in [-0.05, 0) is 35.9 Å². The van der Waals surface area contributed by atoms with Crippen LogP contribution >= 0.6 is 23.2 Å². The maximum atomic E-state index is 13.1. The van der Waals surface area contributed by atoms with Crippen molar-refractivity contribution < 1.29 is 18.3 Å². The molecule has 0 unspecified atom stereocenters. The summed E-state index contributed by atoms with van der Waals surface area (Å²) in [5, 5.41) is 1.15. The Hall–Kier alpha value is -1.89. The highest BCUT2D eigenvalue weighted by molar-refractivity contribution is 6.36. The second-order valence-corrected chi connectivity index (χ2v) is 7.08. The molecule has 0 spiro atoms. The summed E-state index contributed by atoms with van der Waals surface area (Å²) in [5.74, 6) is -1.50. The van der Waals surface area contributed by atoms with Crippen molar-refractivity contribution in [3.8, 4) is 0 Å². The van der Waals surface area contributed by atoms with Gasteiger partial charge in [-0.15, -0.1) is 0 Å². The summed E-state index contributed by atoms with van der Waals surface area (Å²) in [6, 6.07) is 8.50. The van der Waals surface area contributed by atoms with Gasteiger partial charge in [-0.25, -0.2) is 8.78 Å². The number of benzene rings is 2. The molecule has 0 bridgehead atoms. The molecule has 1 amide bonds. The van der Waals surface area contributed by atoms with Crippen LogP contribution in [0, 0.1) is 11.6 Å². The molecule has 0 radical (unpaired) electrons. The van der Waals surface area contributed by atoms with Crippen LogP contribution in [0.3, 0.4) is 0 Å². The molecule has 0 atom stereocenters. The van der Waals surface area contributed by atoms with Crippen molar-refractivity contribution in [3.05, 3.63) is 63.6 Å². The Labute approximate surface area is 166 Å². The Kier molecular flexibility index (Phi) is 6.52. The summed E-state index contributed by atoms with van der Waals surface area (Å²) >= 11 is 12.2. The minimum atomic E-state index is -0.670. The molecule has 1 fully saturated rings. The molecule has 0 N–H and O–H groups in total. The molecule has 1 aliphatic rings. The Bertz CT molecular complexity index is 807. The second kappa shape index (κ2) is 8.87. The molecule has 144 valence electrons. The van der Waals surface area contributed by atoms with E-state index in [9.17, 15) is 13.6 Å². The molecule has 2 aromatic carbocycles. The quantitative estimate of drug-likeness (QED) is 0.736. The number of anilines is 1. The molecule has 0 saturated carbocycles. The smallest absolute Gasteiger partial charge is 0.248 e. The van der Waals surface area contributed by atoms with E-state index in [2.05, 4.69) is 4.90 Å². The van der Waals surface area contributed by atoms with E-state index in [0.717, 1.165) is 11.8 Å². The number of carbonyl (C=O) groups is 1. The van der Waals surface area contributed by atoms with Crippen molar-refractivity contribution in [2.24, 2.45) is 0 Å². The average molecular weight is 415 g/mol. The Morgan fingerprint density at radius 3 is 2.30 bits per heavy atom. The fourth-order valence-electron chi connectivity index (χ4n) is 2.98. The van der Waals surface area contributed by atoms with Crippen LogP contribution in [0.4, 0.5) is 14.5 Å². The van der Waals surface area contributed by atoms with Gasteiger partial charge in [0.1, 0.15) is 18.2 Å². The minimum Gasteiger partial charge on any atom is -0.367 e. The van der Waals surface area contributed by atoms with Gasteiger partial charge in [-0.1, -0.05) is 23.2 Å². The predicted molar refractivity (Wildman–Crippen MR) is 101 cm³/mol. The zero-order valence-electron chi connectivity index (χ0n) is 14.4. The van der Waals surface area contributed by atoms with E-state index in [0.29, 0.717) is 41.8 Å². The molecule has 0 aromatic heterocycles. The summed E-state index contributed by atoms with van der Waals surface area (Å²) in [7, 11) is 0. The van der Waals surface area contributed by atoms with Crippen molar-refractivity contribution >= 4 is 34.8 Å². The van der Waals surface area contributed by atoms with Crippen molar-refractivity contribution in [3.63, 3.8) is 0 Å². The SMILES string of the molecule is O=C(COCc1cc(F)cc(F)c1)N1CCN(c2ccc(Cl)cc2Cl)CC1. The topological polar surface area (TPSA) is 32.8 Å². The first-order valence-corrected chi connectivity index (χ1v) is 9.18. The summed E-state index contributed by atoms with van der Waals surface area (Å²) in [6.07, 6.45) is 0. The van der Waals surface area contributed by atoms with E-state index in [1.54, 1.807) is 17.0 Å². The van der Waals surface area contributed by atoms with Gasteiger partial charge in [0, 0.05) is 37.3 Å². The van der Waals surface area contributed by atoms with E-state index in [4.69, 9.17) is 27.9 Å². The number of halogens is 4. The van der Waals surface area contributed by atoms with E-state index in [1.807, 2.05) is 6.07 Å². The number of carbonyl (C=O) groups excluding carboxylic acids is 1. The van der Waals surface area contributed by atoms with Crippen molar-refractivity contribution in [1.29, 1.82) is 0 Å². The van der Waals surface area contributed by atoms with Crippen LogP contribution < -0.4 is 4.90 Å². The highest BCUT2D eigenvalue weighted by Gasteiger charge is 2.22. The first-order valence-electron chi connectivity index (χ1n) is 8.43. The summed E-state index contributed by atoms with van der Waals surface area (Å²) in [5.41, 5.74) is 1.24. The molecule has 0 aliphatic carbocycles. The third-order valence-corrected chi connectivity index (χ3v) is 4.84. The summed E-state index contributed by atoms with van der Waals surface area (Å²) in [6.45, 7) is 2.19. The minimum absolute atomic E-state index is 0.0270. The van der Waals surface area contributed by atoms with Crippen LogP contribution in [0.5, 0.6) is 0 Å². The average Bonchev–Trinajstić information content (AvgIpc) is 2.61. The fourth-order valence-corrected chi connectivity index (χ4v) is 3.50. The van der Waals surface area contributed by atoms with E-state index < -0.39 is 11.6 Å². The van der Waals surface area contributed by atoms with Gasteiger partial charge in [0.15, 0.2) is 0 Å². The maximum Gasteiger partial charge on any atom is 0.248 e. The first kappa shape index (κ1) is 19.9. The summed E-state index contributed by atoms with van der Waals surface area (Å²) < 4.78 is 31.6. The number of hydrogen-bond acceptors (Lipinski definition) is 3. The molecule has 8 heteroatoms. The number of rotatable bonds is 5. The van der Waals surface area contributed by atoms with Gasteiger partial charge in [0.25, 0.3) is 0 Å². The molecule has 3 rings (SSSR count). The van der Waals surface area contributed by atoms with Crippen LogP contribution in [-0.2, 0) is 16.1 Å². The maximum absolute atomic E-state index is 13.1. The number of nitrogens with zero attached hydrogens (tertiary/aromatic N) is 2. The molecular formula is C19H18Cl2F2N2O2. The normalized spacial score (nSPS) is 14.5. The number of ether oxygens (including phenoxy) is 1. The second-order valence-electron chi connectivity index (χ2n) is 6.23. The largest absolute Gasteiger partial charge is 0.367 e. The molecule has 1 aliphatic heterocycles. The predicted octanol–water partition coefficient (Wildman–Crippen LogP) is 4.14. The van der Waals surface area contributed by atoms with E-state index in [1.165, 1.54) is 12.1 Å². The van der Waals surface area contributed by atoms with Crippen LogP contribution in [0.2, 0.25) is 10.0 Å². The number of amides is 1. The molecule has 2 aromatic rings. The van der Waals surface area contributed by atoms with Gasteiger partial charge in [-0.3, -0.25) is 4.79 Å². The lowest BCUT2D eigenvalue weighted by molar-refractivity contribution is -0.136. The van der Waals surface area contributed by atoms with E-state index >= 15 is 0 Å². The monoisotopic (exact) mass is 414 g/mol. The van der Waals surface area contributed by atoms with Gasteiger partial charge in [0.2, 0.25) is 5.91 Å². The van der Waals surface area contributed by atoms with Crippen molar-refractivity contribution in [2.45, 2.75) is 6.61 Å². The van der Waals surface area contributed by atoms with Gasteiger partial charge in [0.05, 0.1) is 17.3 Å². The van der Waals surface area contributed by atoms with Crippen LogP contribution in [0.15, 0.2) is 36.4 Å². The third-order valence-electron chi connectivity index (χ3n) is 4.30. The van der Waals surface area contributed by atoms with Gasteiger partial charge >= 0.3 is 0 Å².